The first-order chi connectivity index (χ1) is 14.3. The molecule has 1 N–H and O–H groups in total. The summed E-state index contributed by atoms with van der Waals surface area (Å²) in [5.41, 5.74) is 1.13. The van der Waals surface area contributed by atoms with Gasteiger partial charge in [-0.2, -0.15) is 0 Å². The van der Waals surface area contributed by atoms with Gasteiger partial charge in [0.2, 0.25) is 5.91 Å². The number of benzene rings is 2. The van der Waals surface area contributed by atoms with E-state index in [9.17, 15) is 9.59 Å². The van der Waals surface area contributed by atoms with Crippen LogP contribution in [0.5, 0.6) is 11.5 Å². The Morgan fingerprint density at radius 3 is 2.77 bits per heavy atom. The summed E-state index contributed by atoms with van der Waals surface area (Å²) in [6.45, 7) is 6.45. The summed E-state index contributed by atoms with van der Waals surface area (Å²) < 4.78 is 16.9. The van der Waals surface area contributed by atoms with Gasteiger partial charge in [-0.3, -0.25) is 9.59 Å². The first-order valence-electron chi connectivity index (χ1n) is 9.81. The molecule has 2 heterocycles. The molecule has 1 aromatic heterocycles. The van der Waals surface area contributed by atoms with E-state index in [0.29, 0.717) is 35.0 Å². The van der Waals surface area contributed by atoms with Crippen LogP contribution in [0, 0.1) is 5.41 Å². The highest BCUT2D eigenvalue weighted by molar-refractivity contribution is 6.06. The van der Waals surface area contributed by atoms with Crippen molar-refractivity contribution in [2.24, 2.45) is 5.41 Å². The van der Waals surface area contributed by atoms with E-state index in [1.165, 1.54) is 0 Å². The van der Waals surface area contributed by atoms with Crippen molar-refractivity contribution in [1.82, 2.24) is 0 Å². The van der Waals surface area contributed by atoms with Crippen LogP contribution in [-0.4, -0.2) is 32.1 Å². The first-order valence-corrected chi connectivity index (χ1v) is 9.81. The number of hydrogen-bond acceptors (Lipinski definition) is 5. The van der Waals surface area contributed by atoms with E-state index in [4.69, 9.17) is 13.9 Å². The molecule has 7 heteroatoms. The Labute approximate surface area is 174 Å². The van der Waals surface area contributed by atoms with Crippen molar-refractivity contribution in [3.05, 3.63) is 48.2 Å². The minimum absolute atomic E-state index is 0.0109. The first kappa shape index (κ1) is 19.8. The van der Waals surface area contributed by atoms with Crippen molar-refractivity contribution in [3.8, 4) is 11.5 Å². The van der Waals surface area contributed by atoms with Gasteiger partial charge in [-0.05, 0) is 45.0 Å². The molecule has 7 nitrogen and oxygen atoms in total. The number of amides is 2. The van der Waals surface area contributed by atoms with Gasteiger partial charge in [0.1, 0.15) is 12.4 Å². The number of ether oxygens (including phenoxy) is 2. The molecule has 30 heavy (non-hydrogen) atoms. The van der Waals surface area contributed by atoms with Crippen LogP contribution in [0.15, 0.2) is 46.9 Å². The smallest absolute Gasteiger partial charge is 0.291 e. The SMILES string of the molecule is CCN1C(=O)C(C)(C)COc2cc(NC(=O)c3cc4cccc(OC)c4o3)ccc21. The quantitative estimate of drug-likeness (QED) is 0.689. The Hall–Kier alpha value is -3.48. The number of carbonyl (C=O) groups excluding carboxylic acids is 2. The highest BCUT2D eigenvalue weighted by Crippen LogP contribution is 2.38. The molecule has 1 aliphatic rings. The van der Waals surface area contributed by atoms with Gasteiger partial charge in [0.05, 0.1) is 18.2 Å². The molecule has 0 bridgehead atoms. The molecular formula is C23H24N2O5. The molecule has 0 aliphatic carbocycles. The minimum Gasteiger partial charge on any atom is -0.493 e. The van der Waals surface area contributed by atoms with Gasteiger partial charge in [0.15, 0.2) is 17.1 Å². The lowest BCUT2D eigenvalue weighted by atomic mass is 9.93. The van der Waals surface area contributed by atoms with Crippen LogP contribution >= 0.6 is 0 Å². The molecule has 0 radical (unpaired) electrons. The van der Waals surface area contributed by atoms with Crippen molar-refractivity contribution in [2.75, 3.05) is 30.5 Å². The molecule has 0 saturated carbocycles. The van der Waals surface area contributed by atoms with E-state index < -0.39 is 5.41 Å². The summed E-state index contributed by atoms with van der Waals surface area (Å²) in [5, 5.41) is 3.62. The van der Waals surface area contributed by atoms with E-state index in [1.54, 1.807) is 42.3 Å². The van der Waals surface area contributed by atoms with Crippen LogP contribution in [0.1, 0.15) is 31.3 Å². The standard InChI is InChI=1S/C23H24N2O5/c1-5-25-16-10-9-15(12-18(16)29-13-23(2,3)22(25)27)24-21(26)19-11-14-7-6-8-17(28-4)20(14)30-19/h6-12H,5,13H2,1-4H3,(H,24,26). The van der Waals surface area contributed by atoms with Crippen LogP contribution < -0.4 is 19.7 Å². The largest absolute Gasteiger partial charge is 0.493 e. The molecule has 0 unspecified atom stereocenters. The minimum atomic E-state index is -0.633. The second-order valence-corrected chi connectivity index (χ2v) is 7.85. The second-order valence-electron chi connectivity index (χ2n) is 7.85. The molecule has 156 valence electrons. The Balaban J connectivity index is 1.62. The zero-order valence-electron chi connectivity index (χ0n) is 17.4. The van der Waals surface area contributed by atoms with Crippen molar-refractivity contribution in [2.45, 2.75) is 20.8 Å². The van der Waals surface area contributed by atoms with Gasteiger partial charge in [0.25, 0.3) is 5.91 Å². The van der Waals surface area contributed by atoms with Crippen molar-refractivity contribution in [3.63, 3.8) is 0 Å². The molecule has 0 saturated heterocycles. The summed E-state index contributed by atoms with van der Waals surface area (Å²) in [7, 11) is 1.55. The molecular weight excluding hydrogens is 384 g/mol. The number of methoxy groups -OCH3 is 1. The number of nitrogens with one attached hydrogen (secondary N) is 1. The summed E-state index contributed by atoms with van der Waals surface area (Å²) >= 11 is 0. The fourth-order valence-electron chi connectivity index (χ4n) is 3.54. The third kappa shape index (κ3) is 3.36. The lowest BCUT2D eigenvalue weighted by molar-refractivity contribution is -0.127. The predicted octanol–water partition coefficient (Wildman–Crippen LogP) is 4.47. The molecule has 4 rings (SSSR count). The van der Waals surface area contributed by atoms with Gasteiger partial charge in [-0.15, -0.1) is 0 Å². The maximum absolute atomic E-state index is 12.8. The normalized spacial score (nSPS) is 15.3. The monoisotopic (exact) mass is 408 g/mol. The number of hydrogen-bond donors (Lipinski definition) is 1. The number of anilines is 2. The number of carbonyl (C=O) groups is 2. The third-order valence-corrected chi connectivity index (χ3v) is 5.19. The average Bonchev–Trinajstić information content (AvgIpc) is 3.15. The van der Waals surface area contributed by atoms with E-state index in [1.807, 2.05) is 32.9 Å². The topological polar surface area (TPSA) is 81.0 Å². The van der Waals surface area contributed by atoms with Gasteiger partial charge >= 0.3 is 0 Å². The Morgan fingerprint density at radius 2 is 2.03 bits per heavy atom. The summed E-state index contributed by atoms with van der Waals surface area (Å²) in [6.07, 6.45) is 0. The summed E-state index contributed by atoms with van der Waals surface area (Å²) in [6, 6.07) is 12.4. The third-order valence-electron chi connectivity index (χ3n) is 5.19. The van der Waals surface area contributed by atoms with Crippen LogP contribution in [0.3, 0.4) is 0 Å². The van der Waals surface area contributed by atoms with Crippen molar-refractivity contribution >= 4 is 34.2 Å². The number of para-hydroxylation sites is 1. The fraction of sp³-hybridized carbons (Fsp3) is 0.304. The zero-order valence-corrected chi connectivity index (χ0v) is 17.4. The average molecular weight is 408 g/mol. The lowest BCUT2D eigenvalue weighted by Crippen LogP contribution is -2.42. The Bertz CT molecular complexity index is 1130. The van der Waals surface area contributed by atoms with Gasteiger partial charge in [-0.1, -0.05) is 12.1 Å². The zero-order chi connectivity index (χ0) is 21.5. The van der Waals surface area contributed by atoms with Crippen LogP contribution in [0.25, 0.3) is 11.0 Å². The van der Waals surface area contributed by atoms with Crippen LogP contribution in [-0.2, 0) is 4.79 Å². The van der Waals surface area contributed by atoms with Gasteiger partial charge in [0, 0.05) is 23.7 Å². The summed E-state index contributed by atoms with van der Waals surface area (Å²) in [4.78, 5) is 27.3. The van der Waals surface area contributed by atoms with E-state index in [2.05, 4.69) is 5.32 Å². The fourth-order valence-corrected chi connectivity index (χ4v) is 3.54. The Morgan fingerprint density at radius 1 is 1.23 bits per heavy atom. The van der Waals surface area contributed by atoms with Crippen LogP contribution in [0.4, 0.5) is 11.4 Å². The van der Waals surface area contributed by atoms with E-state index >= 15 is 0 Å². The summed E-state index contributed by atoms with van der Waals surface area (Å²) in [5.74, 6) is 0.927. The predicted molar refractivity (Wildman–Crippen MR) is 114 cm³/mol. The molecule has 0 fully saturated rings. The molecule has 0 atom stereocenters. The Kier molecular flexibility index (Phi) is 4.89. The van der Waals surface area contributed by atoms with E-state index in [0.717, 1.165) is 5.39 Å². The maximum Gasteiger partial charge on any atom is 0.291 e. The number of furan rings is 1. The highest BCUT2D eigenvalue weighted by Gasteiger charge is 2.37. The highest BCUT2D eigenvalue weighted by atomic mass is 16.5. The molecule has 0 spiro atoms. The molecule has 2 aromatic carbocycles. The van der Waals surface area contributed by atoms with Gasteiger partial charge in [-0.25, -0.2) is 0 Å². The number of rotatable bonds is 4. The lowest BCUT2D eigenvalue weighted by Gasteiger charge is -2.26. The second kappa shape index (κ2) is 7.40. The maximum atomic E-state index is 12.8. The number of nitrogens with zero attached hydrogens (tertiary/aromatic N) is 1. The molecule has 1 aliphatic heterocycles. The van der Waals surface area contributed by atoms with Crippen LogP contribution in [0.2, 0.25) is 0 Å². The van der Waals surface area contributed by atoms with Gasteiger partial charge < -0.3 is 24.1 Å². The van der Waals surface area contributed by atoms with E-state index in [-0.39, 0.29) is 24.2 Å². The molecule has 3 aromatic rings. The number of fused-ring (bicyclic) bond motifs is 2. The van der Waals surface area contributed by atoms with Crippen molar-refractivity contribution < 1.29 is 23.5 Å². The van der Waals surface area contributed by atoms with Crippen molar-refractivity contribution in [1.29, 1.82) is 0 Å². The molecule has 2 amide bonds.